The van der Waals surface area contributed by atoms with Crippen molar-refractivity contribution < 1.29 is 23.5 Å². The second-order valence-electron chi connectivity index (χ2n) is 5.09. The summed E-state index contributed by atoms with van der Waals surface area (Å²) in [7, 11) is 0. The summed E-state index contributed by atoms with van der Waals surface area (Å²) >= 11 is 0. The highest BCUT2D eigenvalue weighted by Gasteiger charge is 2.09. The minimum atomic E-state index is -0.494. The van der Waals surface area contributed by atoms with E-state index < -0.39 is 11.9 Å². The van der Waals surface area contributed by atoms with Gasteiger partial charge in [-0.15, -0.1) is 0 Å². The molecule has 1 N–H and O–H groups in total. The molecule has 2 aromatic rings. The van der Waals surface area contributed by atoms with Crippen LogP contribution in [-0.2, 0) is 20.9 Å². The van der Waals surface area contributed by atoms with E-state index in [1.54, 1.807) is 43.3 Å². The predicted octanol–water partition coefficient (Wildman–Crippen LogP) is 2.44. The maximum atomic E-state index is 12.1. The normalized spacial score (nSPS) is 10.7. The molecule has 0 saturated heterocycles. The first-order valence-corrected chi connectivity index (χ1v) is 7.93. The fraction of sp³-hybridized carbons (Fsp3) is 0.211. The van der Waals surface area contributed by atoms with E-state index in [-0.39, 0.29) is 18.7 Å². The highest BCUT2D eigenvalue weighted by atomic mass is 16.6. The van der Waals surface area contributed by atoms with Crippen molar-refractivity contribution in [3.05, 3.63) is 59.6 Å². The van der Waals surface area contributed by atoms with Crippen LogP contribution in [0.3, 0.4) is 0 Å². The van der Waals surface area contributed by atoms with Crippen LogP contribution in [0.15, 0.2) is 52.7 Å². The van der Waals surface area contributed by atoms with E-state index in [2.05, 4.69) is 5.32 Å². The smallest absolute Gasteiger partial charge is 0.344 e. The van der Waals surface area contributed by atoms with Gasteiger partial charge in [-0.25, -0.2) is 4.79 Å². The predicted molar refractivity (Wildman–Crippen MR) is 92.7 cm³/mol. The van der Waals surface area contributed by atoms with Crippen LogP contribution >= 0.6 is 0 Å². The Balaban J connectivity index is 1.94. The van der Waals surface area contributed by atoms with Crippen molar-refractivity contribution in [2.75, 3.05) is 13.2 Å². The first kappa shape index (κ1) is 18.8. The van der Waals surface area contributed by atoms with Gasteiger partial charge in [0.15, 0.2) is 6.61 Å². The number of nitrogens with zero attached hydrogens (tertiary/aromatic N) is 1. The Labute approximate surface area is 150 Å². The lowest BCUT2D eigenvalue weighted by Gasteiger charge is -2.06. The highest BCUT2D eigenvalue weighted by molar-refractivity contribution is 6.01. The number of nitriles is 1. The lowest BCUT2D eigenvalue weighted by Crippen LogP contribution is -2.23. The molecule has 7 nitrogen and oxygen atoms in total. The topological polar surface area (TPSA) is 102 Å². The third-order valence-electron chi connectivity index (χ3n) is 3.22. The van der Waals surface area contributed by atoms with E-state index in [1.807, 2.05) is 6.07 Å². The molecule has 0 aliphatic rings. The zero-order valence-corrected chi connectivity index (χ0v) is 14.2. The molecule has 1 heterocycles. The van der Waals surface area contributed by atoms with Crippen molar-refractivity contribution in [3.8, 4) is 11.8 Å². The monoisotopic (exact) mass is 354 g/mol. The molecule has 0 fully saturated rings. The second kappa shape index (κ2) is 9.69. The summed E-state index contributed by atoms with van der Waals surface area (Å²) in [5.41, 5.74) is 0.620. The third-order valence-corrected chi connectivity index (χ3v) is 3.22. The number of carbonyl (C=O) groups excluding carboxylic acids is 2. The number of benzene rings is 1. The molecule has 1 aromatic carbocycles. The summed E-state index contributed by atoms with van der Waals surface area (Å²) in [4.78, 5) is 23.3. The molecule has 7 heteroatoms. The van der Waals surface area contributed by atoms with Crippen molar-refractivity contribution in [1.29, 1.82) is 5.26 Å². The van der Waals surface area contributed by atoms with E-state index in [9.17, 15) is 14.9 Å². The van der Waals surface area contributed by atoms with Gasteiger partial charge in [-0.05, 0) is 42.8 Å². The maximum absolute atomic E-state index is 12.1. The van der Waals surface area contributed by atoms with Gasteiger partial charge in [0.2, 0.25) is 0 Å². The Morgan fingerprint density at radius 1 is 1.27 bits per heavy atom. The Morgan fingerprint density at radius 3 is 2.65 bits per heavy atom. The molecule has 1 amide bonds. The second-order valence-corrected chi connectivity index (χ2v) is 5.09. The van der Waals surface area contributed by atoms with Crippen LogP contribution in [0.25, 0.3) is 6.08 Å². The van der Waals surface area contributed by atoms with Crippen LogP contribution in [0.5, 0.6) is 5.75 Å². The number of ether oxygens (including phenoxy) is 2. The molecule has 0 radical (unpaired) electrons. The van der Waals surface area contributed by atoms with Crippen molar-refractivity contribution in [1.82, 2.24) is 5.32 Å². The van der Waals surface area contributed by atoms with Crippen LogP contribution in [0.2, 0.25) is 0 Å². The lowest BCUT2D eigenvalue weighted by molar-refractivity contribution is -0.145. The summed E-state index contributed by atoms with van der Waals surface area (Å²) in [6, 6.07) is 12.0. The third kappa shape index (κ3) is 5.83. The molecular formula is C19H18N2O5. The van der Waals surface area contributed by atoms with Gasteiger partial charge in [0.25, 0.3) is 5.91 Å². The average molecular weight is 354 g/mol. The van der Waals surface area contributed by atoms with E-state index in [1.165, 1.54) is 12.3 Å². The Hall–Kier alpha value is -3.53. The fourth-order valence-corrected chi connectivity index (χ4v) is 2.00. The van der Waals surface area contributed by atoms with Gasteiger partial charge < -0.3 is 19.2 Å². The van der Waals surface area contributed by atoms with Gasteiger partial charge in [0.05, 0.1) is 19.4 Å². The quantitative estimate of drug-likeness (QED) is 0.444. The van der Waals surface area contributed by atoms with Gasteiger partial charge in [-0.2, -0.15) is 5.26 Å². The van der Waals surface area contributed by atoms with Crippen LogP contribution in [0.4, 0.5) is 0 Å². The van der Waals surface area contributed by atoms with Crippen LogP contribution in [-0.4, -0.2) is 25.1 Å². The largest absolute Gasteiger partial charge is 0.482 e. The molecule has 0 aliphatic heterocycles. The average Bonchev–Trinajstić information content (AvgIpc) is 3.17. The molecule has 2 rings (SSSR count). The van der Waals surface area contributed by atoms with E-state index in [0.717, 1.165) is 0 Å². The summed E-state index contributed by atoms with van der Waals surface area (Å²) in [5.74, 6) is 0.137. The van der Waals surface area contributed by atoms with Gasteiger partial charge in [0, 0.05) is 0 Å². The van der Waals surface area contributed by atoms with Crippen molar-refractivity contribution in [3.63, 3.8) is 0 Å². The van der Waals surface area contributed by atoms with Crippen LogP contribution < -0.4 is 10.1 Å². The number of hydrogen-bond acceptors (Lipinski definition) is 6. The Bertz CT molecular complexity index is 801. The van der Waals surface area contributed by atoms with Gasteiger partial charge in [-0.1, -0.05) is 12.1 Å². The standard InChI is InChI=1S/C19H18N2O5/c1-2-24-18(22)13-26-16-7-5-14(6-8-16)10-15(11-20)19(23)21-12-17-4-3-9-25-17/h3-10H,2,12-13H2,1H3,(H,21,23)/b15-10+. The van der Waals surface area contributed by atoms with Crippen LogP contribution in [0, 0.1) is 11.3 Å². The summed E-state index contributed by atoms with van der Waals surface area (Å²) in [6.45, 7) is 2.04. The van der Waals surface area contributed by atoms with Crippen molar-refractivity contribution in [2.45, 2.75) is 13.5 Å². The summed E-state index contributed by atoms with van der Waals surface area (Å²) in [5, 5.41) is 11.8. The number of carbonyl (C=O) groups is 2. The lowest BCUT2D eigenvalue weighted by atomic mass is 10.1. The number of hydrogen-bond donors (Lipinski definition) is 1. The summed E-state index contributed by atoms with van der Waals surface area (Å²) < 4.78 is 15.2. The van der Waals surface area contributed by atoms with Crippen LogP contribution in [0.1, 0.15) is 18.2 Å². The minimum absolute atomic E-state index is 0.0308. The Kier molecular flexibility index (Phi) is 7.01. The zero-order valence-electron chi connectivity index (χ0n) is 14.2. The Morgan fingerprint density at radius 2 is 2.04 bits per heavy atom. The first-order valence-electron chi connectivity index (χ1n) is 7.93. The molecular weight excluding hydrogens is 336 g/mol. The molecule has 134 valence electrons. The molecule has 0 spiro atoms. The van der Waals surface area contributed by atoms with Crippen molar-refractivity contribution in [2.24, 2.45) is 0 Å². The number of rotatable bonds is 8. The maximum Gasteiger partial charge on any atom is 0.344 e. The molecule has 0 aliphatic carbocycles. The van der Waals surface area contributed by atoms with Crippen molar-refractivity contribution >= 4 is 18.0 Å². The summed E-state index contributed by atoms with van der Waals surface area (Å²) in [6.07, 6.45) is 2.97. The molecule has 0 bridgehead atoms. The minimum Gasteiger partial charge on any atom is -0.482 e. The molecule has 0 atom stereocenters. The highest BCUT2D eigenvalue weighted by Crippen LogP contribution is 2.15. The first-order chi connectivity index (χ1) is 12.6. The van der Waals surface area contributed by atoms with Gasteiger partial charge >= 0.3 is 5.97 Å². The number of amides is 1. The number of esters is 1. The number of nitrogens with one attached hydrogen (secondary N) is 1. The van der Waals surface area contributed by atoms with E-state index in [0.29, 0.717) is 23.7 Å². The van der Waals surface area contributed by atoms with Gasteiger partial charge in [-0.3, -0.25) is 4.79 Å². The van der Waals surface area contributed by atoms with Gasteiger partial charge in [0.1, 0.15) is 23.2 Å². The molecule has 1 aromatic heterocycles. The fourth-order valence-electron chi connectivity index (χ4n) is 2.00. The zero-order chi connectivity index (χ0) is 18.8. The SMILES string of the molecule is CCOC(=O)COc1ccc(/C=C(\C#N)C(=O)NCc2ccco2)cc1. The number of furan rings is 1. The molecule has 0 unspecified atom stereocenters. The van der Waals surface area contributed by atoms with E-state index >= 15 is 0 Å². The van der Waals surface area contributed by atoms with E-state index in [4.69, 9.17) is 13.9 Å². The molecule has 0 saturated carbocycles. The molecule has 26 heavy (non-hydrogen) atoms.